The zero-order chi connectivity index (χ0) is 12.3. The molecular formula is C9H7ClF3NO2. The summed E-state index contributed by atoms with van der Waals surface area (Å²) in [6, 6.07) is 5.05. The molecule has 0 bridgehead atoms. The van der Waals surface area contributed by atoms with Crippen molar-refractivity contribution in [2.45, 2.75) is 11.7 Å². The van der Waals surface area contributed by atoms with Gasteiger partial charge in [-0.3, -0.25) is 4.79 Å². The minimum atomic E-state index is -4.84. The van der Waals surface area contributed by atoms with Crippen molar-refractivity contribution >= 4 is 17.5 Å². The first-order valence-corrected chi connectivity index (χ1v) is 4.53. The van der Waals surface area contributed by atoms with Crippen LogP contribution in [-0.2, 0) is 4.79 Å². The number of para-hydroxylation sites is 1. The molecule has 3 nitrogen and oxygen atoms in total. The Labute approximate surface area is 93.9 Å². The number of amides is 1. The number of nitrogens with two attached hydrogens (primary N) is 1. The number of hydrogen-bond donors (Lipinski definition) is 1. The monoisotopic (exact) mass is 253 g/mol. The van der Waals surface area contributed by atoms with Crippen LogP contribution in [0.1, 0.15) is 10.9 Å². The maximum Gasteiger partial charge on any atom is 0.573 e. The molecule has 1 amide bonds. The fourth-order valence-corrected chi connectivity index (χ4v) is 1.24. The van der Waals surface area contributed by atoms with Crippen LogP contribution in [0.3, 0.4) is 0 Å². The molecule has 0 radical (unpaired) electrons. The maximum atomic E-state index is 12.0. The number of ether oxygens (including phenoxy) is 1. The van der Waals surface area contributed by atoms with Crippen LogP contribution in [0.25, 0.3) is 0 Å². The van der Waals surface area contributed by atoms with E-state index in [4.69, 9.17) is 17.3 Å². The van der Waals surface area contributed by atoms with Crippen molar-refractivity contribution in [3.05, 3.63) is 29.8 Å². The second-order valence-corrected chi connectivity index (χ2v) is 3.29. The quantitative estimate of drug-likeness (QED) is 0.841. The number of carbonyl (C=O) groups excluding carboxylic acids is 1. The molecule has 0 aliphatic carbocycles. The van der Waals surface area contributed by atoms with Gasteiger partial charge in [-0.2, -0.15) is 0 Å². The van der Waals surface area contributed by atoms with Gasteiger partial charge in [0.1, 0.15) is 11.1 Å². The average Bonchev–Trinajstić information content (AvgIpc) is 2.15. The Hall–Kier alpha value is -1.43. The average molecular weight is 254 g/mol. The van der Waals surface area contributed by atoms with E-state index in [2.05, 4.69) is 4.74 Å². The van der Waals surface area contributed by atoms with E-state index in [9.17, 15) is 18.0 Å². The van der Waals surface area contributed by atoms with Crippen molar-refractivity contribution in [1.82, 2.24) is 0 Å². The van der Waals surface area contributed by atoms with E-state index in [0.717, 1.165) is 6.07 Å². The SMILES string of the molecule is NC(=O)C(Cl)c1ccccc1OC(F)(F)F. The van der Waals surface area contributed by atoms with Crippen LogP contribution in [-0.4, -0.2) is 12.3 Å². The molecule has 0 saturated carbocycles. The van der Waals surface area contributed by atoms with E-state index in [1.54, 1.807) is 0 Å². The van der Waals surface area contributed by atoms with Crippen LogP contribution in [0.15, 0.2) is 24.3 Å². The Balaban J connectivity index is 3.05. The van der Waals surface area contributed by atoms with Gasteiger partial charge in [-0.15, -0.1) is 24.8 Å². The molecule has 1 unspecified atom stereocenters. The standard InChI is InChI=1S/C9H7ClF3NO2/c10-7(8(14)15)5-3-1-2-4-6(5)16-9(11,12)13/h1-4,7H,(H2,14,15). The lowest BCUT2D eigenvalue weighted by atomic mass is 10.1. The summed E-state index contributed by atoms with van der Waals surface area (Å²) in [5, 5.41) is -1.36. The number of carbonyl (C=O) groups is 1. The summed E-state index contributed by atoms with van der Waals surface area (Å²) >= 11 is 5.55. The van der Waals surface area contributed by atoms with Gasteiger partial charge >= 0.3 is 6.36 Å². The summed E-state index contributed by atoms with van der Waals surface area (Å²) in [6.07, 6.45) is -4.84. The molecule has 2 N–H and O–H groups in total. The molecule has 0 aliphatic heterocycles. The van der Waals surface area contributed by atoms with Crippen LogP contribution in [0.2, 0.25) is 0 Å². The first-order valence-electron chi connectivity index (χ1n) is 4.09. The number of alkyl halides is 4. The number of primary amides is 1. The molecule has 1 aromatic carbocycles. The number of halogens is 4. The summed E-state index contributed by atoms with van der Waals surface area (Å²) < 4.78 is 39.7. The van der Waals surface area contributed by atoms with Crippen molar-refractivity contribution in [2.75, 3.05) is 0 Å². The third kappa shape index (κ3) is 3.30. The third-order valence-corrected chi connectivity index (χ3v) is 2.12. The lowest BCUT2D eigenvalue weighted by Gasteiger charge is -2.14. The van der Waals surface area contributed by atoms with E-state index >= 15 is 0 Å². The Morgan fingerprint density at radius 2 is 1.94 bits per heavy atom. The summed E-state index contributed by atoms with van der Waals surface area (Å²) in [5.41, 5.74) is 4.78. The molecular weight excluding hydrogens is 247 g/mol. The van der Waals surface area contributed by atoms with Gasteiger partial charge in [-0.05, 0) is 6.07 Å². The Bertz CT molecular complexity index is 395. The van der Waals surface area contributed by atoms with Gasteiger partial charge in [0.05, 0.1) is 0 Å². The van der Waals surface area contributed by atoms with Gasteiger partial charge < -0.3 is 10.5 Å². The largest absolute Gasteiger partial charge is 0.573 e. The van der Waals surface area contributed by atoms with Crippen LogP contribution in [0.5, 0.6) is 5.75 Å². The first kappa shape index (κ1) is 12.6. The van der Waals surface area contributed by atoms with Crippen molar-refractivity contribution < 1.29 is 22.7 Å². The first-order chi connectivity index (χ1) is 7.31. The normalized spacial score (nSPS) is 13.2. The van der Waals surface area contributed by atoms with E-state index in [-0.39, 0.29) is 5.56 Å². The van der Waals surface area contributed by atoms with Crippen LogP contribution in [0.4, 0.5) is 13.2 Å². The molecule has 0 saturated heterocycles. The van der Waals surface area contributed by atoms with Crippen LogP contribution in [0, 0.1) is 0 Å². The minimum absolute atomic E-state index is 0.117. The molecule has 0 fully saturated rings. The predicted molar refractivity (Wildman–Crippen MR) is 50.9 cm³/mol. The maximum absolute atomic E-state index is 12.0. The molecule has 0 spiro atoms. The third-order valence-electron chi connectivity index (χ3n) is 1.67. The van der Waals surface area contributed by atoms with Crippen LogP contribution < -0.4 is 10.5 Å². The number of rotatable bonds is 3. The molecule has 7 heteroatoms. The number of hydrogen-bond acceptors (Lipinski definition) is 2. The summed E-state index contributed by atoms with van der Waals surface area (Å²) in [6.45, 7) is 0. The van der Waals surface area contributed by atoms with Crippen molar-refractivity contribution in [3.8, 4) is 5.75 Å². The zero-order valence-corrected chi connectivity index (χ0v) is 8.55. The fourth-order valence-electron chi connectivity index (χ4n) is 1.06. The highest BCUT2D eigenvalue weighted by atomic mass is 35.5. The van der Waals surface area contributed by atoms with E-state index < -0.39 is 23.4 Å². The Kier molecular flexibility index (Phi) is 3.64. The summed E-state index contributed by atoms with van der Waals surface area (Å²) in [4.78, 5) is 10.8. The molecule has 1 aromatic rings. The molecule has 88 valence electrons. The fraction of sp³-hybridized carbons (Fsp3) is 0.222. The van der Waals surface area contributed by atoms with Gasteiger partial charge in [-0.25, -0.2) is 0 Å². The molecule has 0 aromatic heterocycles. The lowest BCUT2D eigenvalue weighted by molar-refractivity contribution is -0.274. The van der Waals surface area contributed by atoms with Crippen molar-refractivity contribution in [3.63, 3.8) is 0 Å². The van der Waals surface area contributed by atoms with Gasteiger partial charge in [-0.1, -0.05) is 18.2 Å². The predicted octanol–water partition coefficient (Wildman–Crippen LogP) is 2.35. The van der Waals surface area contributed by atoms with Gasteiger partial charge in [0.2, 0.25) is 5.91 Å². The van der Waals surface area contributed by atoms with E-state index in [0.29, 0.717) is 0 Å². The highest BCUT2D eigenvalue weighted by Gasteiger charge is 2.33. The Morgan fingerprint density at radius 3 is 2.44 bits per heavy atom. The molecule has 0 aliphatic rings. The topological polar surface area (TPSA) is 52.3 Å². The second-order valence-electron chi connectivity index (χ2n) is 2.85. The van der Waals surface area contributed by atoms with Gasteiger partial charge in [0, 0.05) is 5.56 Å². The lowest BCUT2D eigenvalue weighted by Crippen LogP contribution is -2.21. The highest BCUT2D eigenvalue weighted by Crippen LogP contribution is 2.32. The van der Waals surface area contributed by atoms with Crippen molar-refractivity contribution in [2.24, 2.45) is 5.73 Å². The summed E-state index contributed by atoms with van der Waals surface area (Å²) in [5.74, 6) is -1.48. The molecule has 0 heterocycles. The smallest absolute Gasteiger partial charge is 0.405 e. The Morgan fingerprint density at radius 1 is 1.38 bits per heavy atom. The molecule has 1 rings (SSSR count). The molecule has 1 atom stereocenters. The zero-order valence-electron chi connectivity index (χ0n) is 7.79. The molecule has 16 heavy (non-hydrogen) atoms. The van der Waals surface area contributed by atoms with E-state index in [1.807, 2.05) is 0 Å². The van der Waals surface area contributed by atoms with Crippen LogP contribution >= 0.6 is 11.6 Å². The number of benzene rings is 1. The summed E-state index contributed by atoms with van der Waals surface area (Å²) in [7, 11) is 0. The second kappa shape index (κ2) is 4.61. The minimum Gasteiger partial charge on any atom is -0.405 e. The van der Waals surface area contributed by atoms with Gasteiger partial charge in [0.25, 0.3) is 0 Å². The van der Waals surface area contributed by atoms with Crippen molar-refractivity contribution in [1.29, 1.82) is 0 Å². The van der Waals surface area contributed by atoms with E-state index in [1.165, 1.54) is 18.2 Å². The van der Waals surface area contributed by atoms with Gasteiger partial charge in [0.15, 0.2) is 0 Å². The highest BCUT2D eigenvalue weighted by molar-refractivity contribution is 6.30.